The highest BCUT2D eigenvalue weighted by Crippen LogP contribution is 2.60. The third-order valence-corrected chi connectivity index (χ3v) is 8.59. The highest BCUT2D eigenvalue weighted by Gasteiger charge is 2.41. The lowest BCUT2D eigenvalue weighted by atomic mass is 10.3. The summed E-state index contributed by atoms with van der Waals surface area (Å²) < 4.78 is 27.7. The van der Waals surface area contributed by atoms with E-state index in [-0.39, 0.29) is 0 Å². The Bertz CT molecular complexity index is 1300. The molecular formula is C24H19N2O3PS2. The molecule has 5 aromatic rings. The van der Waals surface area contributed by atoms with Gasteiger partial charge in [0.05, 0.1) is 15.7 Å². The number of fused-ring (bicyclic) bond motifs is 1. The first-order valence-electron chi connectivity index (χ1n) is 9.92. The van der Waals surface area contributed by atoms with Crippen molar-refractivity contribution >= 4 is 46.2 Å². The number of thiophene rings is 1. The Balaban J connectivity index is 1.57. The largest absolute Gasteiger partial charge is 0.458 e. The second kappa shape index (κ2) is 9.17. The van der Waals surface area contributed by atoms with Crippen molar-refractivity contribution in [2.75, 3.05) is 5.32 Å². The van der Waals surface area contributed by atoms with Crippen LogP contribution in [0.3, 0.4) is 0 Å². The predicted octanol–water partition coefficient (Wildman–Crippen LogP) is 7.82. The lowest BCUT2D eigenvalue weighted by Crippen LogP contribution is -2.17. The Morgan fingerprint density at radius 3 is 2.12 bits per heavy atom. The molecule has 1 unspecified atom stereocenters. The van der Waals surface area contributed by atoms with Crippen molar-refractivity contribution in [2.45, 2.75) is 5.78 Å². The van der Waals surface area contributed by atoms with Crippen molar-refractivity contribution in [3.63, 3.8) is 0 Å². The van der Waals surface area contributed by atoms with E-state index in [9.17, 15) is 4.57 Å². The first-order valence-corrected chi connectivity index (χ1v) is 13.3. The van der Waals surface area contributed by atoms with Crippen LogP contribution < -0.4 is 14.4 Å². The molecule has 1 atom stereocenters. The Kier molecular flexibility index (Phi) is 5.95. The quantitative estimate of drug-likeness (QED) is 0.230. The van der Waals surface area contributed by atoms with Crippen molar-refractivity contribution in [1.29, 1.82) is 0 Å². The number of thiazole rings is 1. The van der Waals surface area contributed by atoms with Crippen LogP contribution in [0.25, 0.3) is 10.2 Å². The molecular weight excluding hydrogens is 459 g/mol. The van der Waals surface area contributed by atoms with Crippen LogP contribution in [0.1, 0.15) is 10.7 Å². The minimum atomic E-state index is -3.79. The van der Waals surface area contributed by atoms with Crippen molar-refractivity contribution < 1.29 is 13.6 Å². The van der Waals surface area contributed by atoms with Gasteiger partial charge in [-0.1, -0.05) is 42.5 Å². The predicted molar refractivity (Wildman–Crippen MR) is 132 cm³/mol. The van der Waals surface area contributed by atoms with Gasteiger partial charge in [-0.15, -0.1) is 22.7 Å². The molecule has 3 aromatic carbocycles. The summed E-state index contributed by atoms with van der Waals surface area (Å²) in [5, 5.41) is 5.37. The maximum Gasteiger partial charge on any atom is 0.458 e. The fourth-order valence-corrected chi connectivity index (χ4v) is 6.97. The molecule has 0 fully saturated rings. The van der Waals surface area contributed by atoms with E-state index in [1.807, 2.05) is 77.6 Å². The zero-order valence-corrected chi connectivity index (χ0v) is 19.4. The van der Waals surface area contributed by atoms with Crippen LogP contribution in [0.5, 0.6) is 11.5 Å². The molecule has 0 amide bonds. The van der Waals surface area contributed by atoms with E-state index in [0.717, 1.165) is 20.8 Å². The van der Waals surface area contributed by atoms with E-state index in [1.165, 1.54) is 11.3 Å². The molecule has 5 rings (SSSR count). The summed E-state index contributed by atoms with van der Waals surface area (Å²) in [7, 11) is -3.79. The van der Waals surface area contributed by atoms with Crippen molar-refractivity contribution in [1.82, 2.24) is 4.98 Å². The smallest absolute Gasteiger partial charge is 0.414 e. The normalized spacial score (nSPS) is 12.4. The van der Waals surface area contributed by atoms with E-state index in [4.69, 9.17) is 9.05 Å². The number of nitrogens with zero attached hydrogens (tertiary/aromatic N) is 1. The van der Waals surface area contributed by atoms with Crippen molar-refractivity contribution in [2.24, 2.45) is 0 Å². The van der Waals surface area contributed by atoms with Crippen LogP contribution in [-0.2, 0) is 4.57 Å². The maximum atomic E-state index is 14.5. The zero-order chi connectivity index (χ0) is 21.8. The minimum Gasteiger partial charge on any atom is -0.414 e. The number of hydrogen-bond donors (Lipinski definition) is 1. The second-order valence-electron chi connectivity index (χ2n) is 6.95. The monoisotopic (exact) mass is 478 g/mol. The molecule has 32 heavy (non-hydrogen) atoms. The third kappa shape index (κ3) is 4.55. The van der Waals surface area contributed by atoms with Gasteiger partial charge in [0.25, 0.3) is 0 Å². The molecule has 0 saturated heterocycles. The third-order valence-electron chi connectivity index (χ3n) is 4.72. The van der Waals surface area contributed by atoms with Crippen LogP contribution in [-0.4, -0.2) is 4.98 Å². The van der Waals surface area contributed by atoms with Gasteiger partial charge in [-0.2, -0.15) is 0 Å². The van der Waals surface area contributed by atoms with Gasteiger partial charge < -0.3 is 14.4 Å². The SMILES string of the molecule is O=P(Oc1ccccc1)(Oc1ccccc1)C(Nc1ccc2ncsc2c1)c1cccs1. The fraction of sp³-hybridized carbons (Fsp3) is 0.0417. The Hall–Kier alpha value is -3.12. The van der Waals surface area contributed by atoms with Crippen LogP contribution in [0, 0.1) is 0 Å². The van der Waals surface area contributed by atoms with Gasteiger partial charge in [0, 0.05) is 10.6 Å². The van der Waals surface area contributed by atoms with Crippen molar-refractivity contribution in [3.05, 3.63) is 107 Å². The van der Waals surface area contributed by atoms with Gasteiger partial charge in [-0.05, 0) is 53.9 Å². The van der Waals surface area contributed by atoms with E-state index in [0.29, 0.717) is 11.5 Å². The highest BCUT2D eigenvalue weighted by atomic mass is 32.1. The highest BCUT2D eigenvalue weighted by molar-refractivity contribution is 7.55. The Labute approximate surface area is 193 Å². The first-order chi connectivity index (χ1) is 15.7. The summed E-state index contributed by atoms with van der Waals surface area (Å²) >= 11 is 3.06. The van der Waals surface area contributed by atoms with Gasteiger partial charge in [-0.3, -0.25) is 0 Å². The molecule has 2 heterocycles. The fourth-order valence-electron chi connectivity index (χ4n) is 3.24. The number of nitrogens with one attached hydrogen (secondary N) is 1. The lowest BCUT2D eigenvalue weighted by molar-refractivity contribution is 0.377. The molecule has 0 aliphatic carbocycles. The van der Waals surface area contributed by atoms with Crippen LogP contribution in [0.4, 0.5) is 5.69 Å². The van der Waals surface area contributed by atoms with Crippen LogP contribution >= 0.6 is 30.3 Å². The molecule has 8 heteroatoms. The molecule has 0 spiro atoms. The summed E-state index contributed by atoms with van der Waals surface area (Å²) in [6.07, 6.45) is 0. The number of aromatic nitrogens is 1. The van der Waals surface area contributed by atoms with Gasteiger partial charge in [0.1, 0.15) is 11.5 Å². The summed E-state index contributed by atoms with van der Waals surface area (Å²) in [5.74, 6) is 0.245. The summed E-state index contributed by atoms with van der Waals surface area (Å²) in [4.78, 5) is 5.19. The molecule has 0 aliphatic rings. The minimum absolute atomic E-state index is 0.480. The number of benzene rings is 3. The van der Waals surface area contributed by atoms with Gasteiger partial charge in [0.15, 0.2) is 5.78 Å². The second-order valence-corrected chi connectivity index (χ2v) is 10.8. The Morgan fingerprint density at radius 2 is 1.50 bits per heavy atom. The molecule has 5 nitrogen and oxygen atoms in total. The maximum absolute atomic E-state index is 14.5. The topological polar surface area (TPSA) is 60.5 Å². The van der Waals surface area contributed by atoms with Crippen LogP contribution in [0.2, 0.25) is 0 Å². The average Bonchev–Trinajstić information content (AvgIpc) is 3.50. The van der Waals surface area contributed by atoms with Gasteiger partial charge >= 0.3 is 7.60 Å². The van der Waals surface area contributed by atoms with Gasteiger partial charge in [0.2, 0.25) is 0 Å². The van der Waals surface area contributed by atoms with Crippen LogP contribution in [0.15, 0.2) is 102 Å². The van der Waals surface area contributed by atoms with E-state index >= 15 is 0 Å². The summed E-state index contributed by atoms with van der Waals surface area (Å²) in [6, 6.07) is 28.0. The molecule has 0 saturated carbocycles. The average molecular weight is 479 g/mol. The van der Waals surface area contributed by atoms with E-state index < -0.39 is 13.4 Å². The number of anilines is 1. The lowest BCUT2D eigenvalue weighted by Gasteiger charge is -2.28. The number of para-hydroxylation sites is 2. The van der Waals surface area contributed by atoms with Crippen molar-refractivity contribution in [3.8, 4) is 11.5 Å². The summed E-state index contributed by atoms with van der Waals surface area (Å²) in [6.45, 7) is 0. The van der Waals surface area contributed by atoms with E-state index in [1.54, 1.807) is 35.6 Å². The van der Waals surface area contributed by atoms with Gasteiger partial charge in [-0.25, -0.2) is 9.55 Å². The first kappa shape index (κ1) is 20.8. The number of rotatable bonds is 8. The molecule has 0 radical (unpaired) electrons. The molecule has 160 valence electrons. The zero-order valence-electron chi connectivity index (χ0n) is 16.8. The summed E-state index contributed by atoms with van der Waals surface area (Å²) in [5.41, 5.74) is 3.55. The Morgan fingerprint density at radius 1 is 0.812 bits per heavy atom. The molecule has 0 bridgehead atoms. The number of hydrogen-bond acceptors (Lipinski definition) is 7. The standard InChI is InChI=1S/C24H19N2O3PS2/c27-30(28-19-8-3-1-4-9-19,29-20-10-5-2-6-11-20)24(22-12-7-15-31-22)26-18-13-14-21-23(16-18)32-17-25-21/h1-17,24,26H. The molecule has 1 N–H and O–H groups in total. The molecule has 2 aromatic heterocycles. The molecule has 0 aliphatic heterocycles. The van der Waals surface area contributed by atoms with E-state index in [2.05, 4.69) is 10.3 Å².